The van der Waals surface area contributed by atoms with Gasteiger partial charge in [0.2, 0.25) is 11.5 Å². The quantitative estimate of drug-likeness (QED) is 0.364. The summed E-state index contributed by atoms with van der Waals surface area (Å²) in [5.41, 5.74) is -0.640. The van der Waals surface area contributed by atoms with Crippen LogP contribution in [0, 0.1) is 28.4 Å². The van der Waals surface area contributed by atoms with Crippen molar-refractivity contribution in [2.45, 2.75) is 13.8 Å². The number of ether oxygens (including phenoxy) is 4. The molecule has 0 fully saturated rings. The Morgan fingerprint density at radius 2 is 1.87 bits per heavy atom. The maximum absolute atomic E-state index is 13.0. The first-order valence-corrected chi connectivity index (χ1v) is 9.56. The van der Waals surface area contributed by atoms with E-state index in [4.69, 9.17) is 18.9 Å². The van der Waals surface area contributed by atoms with E-state index >= 15 is 0 Å². The summed E-state index contributed by atoms with van der Waals surface area (Å²) in [6, 6.07) is 3.06. The number of benzene rings is 1. The van der Waals surface area contributed by atoms with Gasteiger partial charge in [0.15, 0.2) is 5.75 Å². The molecule has 1 aromatic carbocycles. The summed E-state index contributed by atoms with van der Waals surface area (Å²) in [7, 11) is 3.76. The van der Waals surface area contributed by atoms with Gasteiger partial charge in [0.1, 0.15) is 21.5 Å². The van der Waals surface area contributed by atoms with Crippen LogP contribution in [0.5, 0.6) is 17.2 Å². The second-order valence-electron chi connectivity index (χ2n) is 5.85. The van der Waals surface area contributed by atoms with Gasteiger partial charge < -0.3 is 24.3 Å². The highest BCUT2D eigenvalue weighted by atomic mass is 32.1. The molecule has 0 aliphatic carbocycles. The van der Waals surface area contributed by atoms with E-state index in [1.165, 1.54) is 21.3 Å². The van der Waals surface area contributed by atoms with Gasteiger partial charge in [0.05, 0.1) is 38.4 Å². The molecule has 1 amide bonds. The number of carbonyl (C=O) groups excluding carboxylic acids is 2. The van der Waals surface area contributed by atoms with Gasteiger partial charge in [0, 0.05) is 6.07 Å². The molecule has 1 N–H and O–H groups in total. The van der Waals surface area contributed by atoms with Crippen LogP contribution in [0.25, 0.3) is 0 Å². The number of thiophene rings is 1. The number of esters is 1. The van der Waals surface area contributed by atoms with E-state index in [9.17, 15) is 25.0 Å². The van der Waals surface area contributed by atoms with Crippen LogP contribution < -0.4 is 19.5 Å². The molecular formula is C19H19N3O8S. The number of carbonyl (C=O) groups is 2. The molecule has 0 atom stereocenters. The Labute approximate surface area is 181 Å². The van der Waals surface area contributed by atoms with Gasteiger partial charge in [-0.3, -0.25) is 14.9 Å². The van der Waals surface area contributed by atoms with Crippen LogP contribution in [0.4, 0.5) is 10.7 Å². The van der Waals surface area contributed by atoms with Crippen molar-refractivity contribution in [2.75, 3.05) is 33.3 Å². The lowest BCUT2D eigenvalue weighted by atomic mass is 10.1. The van der Waals surface area contributed by atoms with Gasteiger partial charge in [-0.2, -0.15) is 5.26 Å². The monoisotopic (exact) mass is 449 g/mol. The number of rotatable bonds is 8. The van der Waals surface area contributed by atoms with Crippen molar-refractivity contribution >= 4 is 33.9 Å². The number of hydrogen-bond acceptors (Lipinski definition) is 10. The third-order valence-electron chi connectivity index (χ3n) is 4.18. The van der Waals surface area contributed by atoms with Crippen molar-refractivity contribution in [1.29, 1.82) is 5.26 Å². The molecule has 0 aliphatic heterocycles. The van der Waals surface area contributed by atoms with E-state index in [0.717, 1.165) is 17.4 Å². The average molecular weight is 449 g/mol. The van der Waals surface area contributed by atoms with Crippen molar-refractivity contribution in [3.05, 3.63) is 37.7 Å². The number of hydrogen-bond donors (Lipinski definition) is 1. The minimum atomic E-state index is -0.904. The van der Waals surface area contributed by atoms with Gasteiger partial charge in [-0.1, -0.05) is 0 Å². The zero-order valence-electron chi connectivity index (χ0n) is 17.4. The molecule has 2 rings (SSSR count). The zero-order chi connectivity index (χ0) is 23.3. The Kier molecular flexibility index (Phi) is 7.38. The first-order valence-electron chi connectivity index (χ1n) is 8.74. The average Bonchev–Trinajstić information content (AvgIpc) is 3.06. The molecule has 0 aliphatic rings. The number of methoxy groups -OCH3 is 3. The first kappa shape index (κ1) is 23.4. The standard InChI is InChI=1S/C19H19N3O8S/c1-6-30-19(24)16-9(2)11(8-20)18(31-16)21-17(23)10-7-12(27-3)14(28-4)15(29-5)13(10)22(25)26/h7H,6H2,1-5H3,(H,21,23). The third kappa shape index (κ3) is 4.36. The molecule has 2 aromatic rings. The number of nitrogens with zero attached hydrogens (tertiary/aromatic N) is 2. The predicted molar refractivity (Wildman–Crippen MR) is 110 cm³/mol. The minimum absolute atomic E-state index is 0.0326. The topological polar surface area (TPSA) is 150 Å². The van der Waals surface area contributed by atoms with Gasteiger partial charge >= 0.3 is 11.7 Å². The lowest BCUT2D eigenvalue weighted by molar-refractivity contribution is -0.386. The van der Waals surface area contributed by atoms with Crippen LogP contribution in [0.15, 0.2) is 6.07 Å². The number of nitriles is 1. The van der Waals surface area contributed by atoms with Crippen molar-refractivity contribution < 1.29 is 33.5 Å². The molecule has 0 spiro atoms. The molecule has 11 nitrogen and oxygen atoms in total. The van der Waals surface area contributed by atoms with Crippen LogP contribution in [0.2, 0.25) is 0 Å². The third-order valence-corrected chi connectivity index (χ3v) is 5.36. The van der Waals surface area contributed by atoms with E-state index in [1.54, 1.807) is 13.8 Å². The molecule has 0 saturated carbocycles. The second-order valence-corrected chi connectivity index (χ2v) is 6.87. The number of anilines is 1. The van der Waals surface area contributed by atoms with E-state index in [-0.39, 0.29) is 44.9 Å². The van der Waals surface area contributed by atoms with E-state index in [0.29, 0.717) is 5.56 Å². The molecule has 0 saturated heterocycles. The van der Waals surface area contributed by atoms with E-state index in [2.05, 4.69) is 5.32 Å². The smallest absolute Gasteiger partial charge is 0.348 e. The molecule has 164 valence electrons. The van der Waals surface area contributed by atoms with Crippen LogP contribution in [0.1, 0.15) is 38.1 Å². The van der Waals surface area contributed by atoms with E-state index < -0.39 is 22.5 Å². The number of nitro benzene ring substituents is 1. The van der Waals surface area contributed by atoms with Gasteiger partial charge in [-0.15, -0.1) is 11.3 Å². The summed E-state index contributed by atoms with van der Waals surface area (Å²) >= 11 is 0.838. The molecule has 31 heavy (non-hydrogen) atoms. The van der Waals surface area contributed by atoms with Crippen LogP contribution >= 0.6 is 11.3 Å². The lowest BCUT2D eigenvalue weighted by Gasteiger charge is -2.14. The summed E-state index contributed by atoms with van der Waals surface area (Å²) in [4.78, 5) is 36.2. The normalized spacial score (nSPS) is 10.1. The molecule has 1 aromatic heterocycles. The van der Waals surface area contributed by atoms with Gasteiger partial charge in [0.25, 0.3) is 5.91 Å². The second kappa shape index (κ2) is 9.77. The molecule has 1 heterocycles. The molecule has 0 radical (unpaired) electrons. The maximum atomic E-state index is 13.0. The summed E-state index contributed by atoms with van der Waals surface area (Å²) in [6.07, 6.45) is 0. The van der Waals surface area contributed by atoms with Crippen molar-refractivity contribution in [3.8, 4) is 23.3 Å². The van der Waals surface area contributed by atoms with Crippen LogP contribution in [0.3, 0.4) is 0 Å². The van der Waals surface area contributed by atoms with Crippen LogP contribution in [-0.4, -0.2) is 44.7 Å². The predicted octanol–water partition coefficient (Wildman–Crippen LogP) is 3.29. The summed E-state index contributed by atoms with van der Waals surface area (Å²) < 4.78 is 20.4. The largest absolute Gasteiger partial charge is 0.493 e. The summed E-state index contributed by atoms with van der Waals surface area (Å²) in [5, 5.41) is 23.7. The maximum Gasteiger partial charge on any atom is 0.348 e. The zero-order valence-corrected chi connectivity index (χ0v) is 18.2. The Bertz CT molecular complexity index is 1090. The Morgan fingerprint density at radius 3 is 2.35 bits per heavy atom. The van der Waals surface area contributed by atoms with Crippen molar-refractivity contribution in [1.82, 2.24) is 0 Å². The first-order chi connectivity index (χ1) is 14.7. The Balaban J connectivity index is 2.61. The summed E-state index contributed by atoms with van der Waals surface area (Å²) in [5.74, 6) is -1.86. The Morgan fingerprint density at radius 1 is 1.23 bits per heavy atom. The Hall–Kier alpha value is -3.85. The van der Waals surface area contributed by atoms with Crippen molar-refractivity contribution in [3.63, 3.8) is 0 Å². The highest BCUT2D eigenvalue weighted by molar-refractivity contribution is 7.18. The number of nitro groups is 1. The lowest BCUT2D eigenvalue weighted by Crippen LogP contribution is -2.15. The van der Waals surface area contributed by atoms with Gasteiger partial charge in [-0.25, -0.2) is 4.79 Å². The SMILES string of the molecule is CCOC(=O)c1sc(NC(=O)c2cc(OC)c(OC)c(OC)c2[N+](=O)[O-])c(C#N)c1C. The van der Waals surface area contributed by atoms with E-state index in [1.807, 2.05) is 6.07 Å². The molecule has 0 unspecified atom stereocenters. The van der Waals surface area contributed by atoms with Gasteiger partial charge in [-0.05, 0) is 19.4 Å². The fraction of sp³-hybridized carbons (Fsp3) is 0.316. The summed E-state index contributed by atoms with van der Waals surface area (Å²) in [6.45, 7) is 3.31. The van der Waals surface area contributed by atoms with Crippen molar-refractivity contribution in [2.24, 2.45) is 0 Å². The minimum Gasteiger partial charge on any atom is -0.493 e. The number of amides is 1. The fourth-order valence-corrected chi connectivity index (χ4v) is 3.84. The highest BCUT2D eigenvalue weighted by Gasteiger charge is 2.33. The molecule has 12 heteroatoms. The number of nitrogens with one attached hydrogen (secondary N) is 1. The molecule has 0 bridgehead atoms. The fourth-order valence-electron chi connectivity index (χ4n) is 2.79. The van der Waals surface area contributed by atoms with Crippen LogP contribution in [-0.2, 0) is 4.74 Å². The molecular weight excluding hydrogens is 430 g/mol. The highest BCUT2D eigenvalue weighted by Crippen LogP contribution is 2.46.